The van der Waals surface area contributed by atoms with Gasteiger partial charge in [0.25, 0.3) is 5.91 Å². The normalized spacial score (nSPS) is 25.8. The predicted molar refractivity (Wildman–Crippen MR) is 116 cm³/mol. The second kappa shape index (κ2) is 9.21. The number of nitrogens with zero attached hydrogens (tertiary/aromatic N) is 2. The lowest BCUT2D eigenvalue weighted by Crippen LogP contribution is -2.48. The first-order valence-electron chi connectivity index (χ1n) is 11.8. The van der Waals surface area contributed by atoms with Crippen LogP contribution in [0.15, 0.2) is 23.8 Å². The molecular formula is C25H35F3N2O2. The Balaban J connectivity index is 1.67. The third-order valence-electron chi connectivity index (χ3n) is 7.93. The molecule has 3 aliphatic carbocycles. The van der Waals surface area contributed by atoms with Crippen LogP contribution in [-0.2, 0) is 4.79 Å². The number of amides is 1. The molecule has 2 unspecified atom stereocenters. The minimum Gasteiger partial charge on any atom is -0.380 e. The van der Waals surface area contributed by atoms with Crippen molar-refractivity contribution >= 4 is 5.91 Å². The molecule has 0 saturated heterocycles. The summed E-state index contributed by atoms with van der Waals surface area (Å²) in [5.41, 5.74) is -2.40. The largest absolute Gasteiger partial charge is 0.417 e. The zero-order valence-electron chi connectivity index (χ0n) is 19.3. The standard InChI is InChI=1S/C25H35F3N2O2/c1-4-24(15-16-29,20-9-10-20)14-13-17(2)30(21-11-12-21)22(31)18-5-7-19(8-6-18)23(3,32)25(26,27)28/h5-7,17,19-21,32H,4,8-15H2,1-3H3/t17?,19?,23-,24+/m0/s1. The highest BCUT2D eigenvalue weighted by Crippen LogP contribution is 2.53. The van der Waals surface area contributed by atoms with Crippen LogP contribution in [-0.4, -0.2) is 39.8 Å². The van der Waals surface area contributed by atoms with Gasteiger partial charge < -0.3 is 10.0 Å². The molecule has 0 aromatic carbocycles. The molecule has 32 heavy (non-hydrogen) atoms. The van der Waals surface area contributed by atoms with Gasteiger partial charge in [-0.2, -0.15) is 18.4 Å². The molecule has 2 fully saturated rings. The summed E-state index contributed by atoms with van der Waals surface area (Å²) in [5.74, 6) is -0.650. The minimum atomic E-state index is -4.73. The van der Waals surface area contributed by atoms with Crippen LogP contribution < -0.4 is 0 Å². The lowest BCUT2D eigenvalue weighted by atomic mass is 9.73. The van der Waals surface area contributed by atoms with Gasteiger partial charge >= 0.3 is 6.18 Å². The number of hydrogen-bond donors (Lipinski definition) is 1. The molecule has 3 aliphatic rings. The Morgan fingerprint density at radius 1 is 1.31 bits per heavy atom. The number of hydrogen-bond acceptors (Lipinski definition) is 3. The Morgan fingerprint density at radius 3 is 2.41 bits per heavy atom. The van der Waals surface area contributed by atoms with Gasteiger partial charge in [-0.15, -0.1) is 0 Å². The van der Waals surface area contributed by atoms with Gasteiger partial charge in [-0.1, -0.05) is 25.2 Å². The number of nitriles is 1. The van der Waals surface area contributed by atoms with Crippen molar-refractivity contribution in [2.45, 2.75) is 102 Å². The SMILES string of the molecule is CC[C@](CC#N)(CCC(C)N(C(=O)C1=CCC([C@](C)(O)C(F)(F)F)C=C1)C1CC1)C1CC1. The molecule has 4 atom stereocenters. The molecule has 0 heterocycles. The molecule has 0 spiro atoms. The van der Waals surface area contributed by atoms with Gasteiger partial charge in [0.05, 0.1) is 6.07 Å². The molecule has 2 saturated carbocycles. The van der Waals surface area contributed by atoms with Crippen molar-refractivity contribution in [2.75, 3.05) is 0 Å². The second-order valence-corrected chi connectivity index (χ2v) is 10.2. The van der Waals surface area contributed by atoms with Crippen molar-refractivity contribution in [1.82, 2.24) is 4.90 Å². The maximum absolute atomic E-state index is 13.3. The summed E-state index contributed by atoms with van der Waals surface area (Å²) in [4.78, 5) is 15.2. The predicted octanol–water partition coefficient (Wildman–Crippen LogP) is 5.68. The molecule has 3 rings (SSSR count). The first-order valence-corrected chi connectivity index (χ1v) is 11.8. The van der Waals surface area contributed by atoms with Crippen LogP contribution in [0, 0.1) is 28.6 Å². The number of alkyl halides is 3. The third-order valence-corrected chi connectivity index (χ3v) is 7.93. The molecule has 178 valence electrons. The van der Waals surface area contributed by atoms with E-state index in [4.69, 9.17) is 0 Å². The molecule has 0 aromatic heterocycles. The molecule has 4 nitrogen and oxygen atoms in total. The van der Waals surface area contributed by atoms with Crippen molar-refractivity contribution < 1.29 is 23.1 Å². The third kappa shape index (κ3) is 5.06. The number of halogens is 3. The van der Waals surface area contributed by atoms with E-state index in [2.05, 4.69) is 13.0 Å². The van der Waals surface area contributed by atoms with E-state index in [1.165, 1.54) is 31.1 Å². The van der Waals surface area contributed by atoms with E-state index in [1.807, 2.05) is 11.8 Å². The Bertz CT molecular complexity index is 803. The molecule has 0 aliphatic heterocycles. The first-order chi connectivity index (χ1) is 15.0. The fraction of sp³-hybridized carbons (Fsp3) is 0.760. The number of allylic oxidation sites excluding steroid dienone is 1. The van der Waals surface area contributed by atoms with E-state index < -0.39 is 17.7 Å². The van der Waals surface area contributed by atoms with E-state index in [1.54, 1.807) is 0 Å². The Morgan fingerprint density at radius 2 is 1.97 bits per heavy atom. The lowest BCUT2D eigenvalue weighted by Gasteiger charge is -2.36. The lowest BCUT2D eigenvalue weighted by molar-refractivity contribution is -0.266. The minimum absolute atomic E-state index is 0.00340. The molecule has 0 radical (unpaired) electrons. The quantitative estimate of drug-likeness (QED) is 0.464. The number of rotatable bonds is 10. The van der Waals surface area contributed by atoms with Gasteiger partial charge in [-0.05, 0) is 76.5 Å². The van der Waals surface area contributed by atoms with Crippen molar-refractivity contribution in [1.29, 1.82) is 5.26 Å². The Hall–Kier alpha value is -1.81. The van der Waals surface area contributed by atoms with E-state index in [0.29, 0.717) is 17.9 Å². The van der Waals surface area contributed by atoms with Crippen molar-refractivity contribution in [3.63, 3.8) is 0 Å². The molecule has 1 amide bonds. The van der Waals surface area contributed by atoms with Crippen molar-refractivity contribution in [2.24, 2.45) is 17.3 Å². The highest BCUT2D eigenvalue weighted by molar-refractivity contribution is 5.97. The molecule has 1 N–H and O–H groups in total. The topological polar surface area (TPSA) is 64.3 Å². The van der Waals surface area contributed by atoms with Gasteiger partial charge in [0, 0.05) is 30.0 Å². The summed E-state index contributed by atoms with van der Waals surface area (Å²) < 4.78 is 39.4. The van der Waals surface area contributed by atoms with Crippen LogP contribution in [0.3, 0.4) is 0 Å². The van der Waals surface area contributed by atoms with Crippen LogP contribution in [0.1, 0.15) is 78.6 Å². The van der Waals surface area contributed by atoms with E-state index in [-0.39, 0.29) is 29.8 Å². The number of carbonyl (C=O) groups excluding carboxylic acids is 1. The molecule has 0 aromatic rings. The Labute approximate surface area is 189 Å². The average Bonchev–Trinajstić information content (AvgIpc) is 3.64. The molecular weight excluding hydrogens is 417 g/mol. The highest BCUT2D eigenvalue weighted by Gasteiger charge is 2.54. The summed E-state index contributed by atoms with van der Waals surface area (Å²) >= 11 is 0. The van der Waals surface area contributed by atoms with Gasteiger partial charge in [-0.25, -0.2) is 0 Å². The zero-order chi connectivity index (χ0) is 23.7. The maximum Gasteiger partial charge on any atom is 0.417 e. The van der Waals surface area contributed by atoms with Crippen LogP contribution in [0.4, 0.5) is 13.2 Å². The van der Waals surface area contributed by atoms with Crippen molar-refractivity contribution in [3.05, 3.63) is 23.8 Å². The van der Waals surface area contributed by atoms with Crippen LogP contribution in [0.25, 0.3) is 0 Å². The summed E-state index contributed by atoms with van der Waals surface area (Å²) in [6.45, 7) is 4.97. The smallest absolute Gasteiger partial charge is 0.380 e. The average molecular weight is 453 g/mol. The van der Waals surface area contributed by atoms with E-state index in [0.717, 1.165) is 39.0 Å². The summed E-state index contributed by atoms with van der Waals surface area (Å²) in [6, 6.07) is 2.55. The monoisotopic (exact) mass is 452 g/mol. The van der Waals surface area contributed by atoms with E-state index >= 15 is 0 Å². The van der Waals surface area contributed by atoms with Gasteiger partial charge in [0.1, 0.15) is 0 Å². The summed E-state index contributed by atoms with van der Waals surface area (Å²) in [7, 11) is 0. The maximum atomic E-state index is 13.3. The number of carbonyl (C=O) groups is 1. The molecule has 7 heteroatoms. The van der Waals surface area contributed by atoms with Crippen LogP contribution >= 0.6 is 0 Å². The summed E-state index contributed by atoms with van der Waals surface area (Å²) in [5, 5.41) is 19.3. The van der Waals surface area contributed by atoms with Crippen LogP contribution in [0.2, 0.25) is 0 Å². The fourth-order valence-corrected chi connectivity index (χ4v) is 5.15. The molecule has 0 bridgehead atoms. The van der Waals surface area contributed by atoms with E-state index in [9.17, 15) is 28.3 Å². The zero-order valence-corrected chi connectivity index (χ0v) is 19.3. The van der Waals surface area contributed by atoms with Crippen LogP contribution in [0.5, 0.6) is 0 Å². The fourth-order valence-electron chi connectivity index (χ4n) is 5.15. The van der Waals surface area contributed by atoms with Gasteiger partial charge in [0.2, 0.25) is 0 Å². The first kappa shape index (κ1) is 24.8. The van der Waals surface area contributed by atoms with Gasteiger partial charge in [-0.3, -0.25) is 4.79 Å². The Kier molecular flexibility index (Phi) is 7.14. The van der Waals surface area contributed by atoms with Crippen molar-refractivity contribution in [3.8, 4) is 6.07 Å². The van der Waals surface area contributed by atoms with Gasteiger partial charge in [0.15, 0.2) is 5.60 Å². The highest BCUT2D eigenvalue weighted by atomic mass is 19.4. The number of aliphatic hydroxyl groups is 1. The summed E-state index contributed by atoms with van der Waals surface area (Å²) in [6.07, 6.45) is 7.00. The second-order valence-electron chi connectivity index (χ2n) is 10.2.